The van der Waals surface area contributed by atoms with E-state index >= 15 is 0 Å². The highest BCUT2D eigenvalue weighted by Crippen LogP contribution is 2.43. The number of likely N-dealkylation sites (N-methyl/N-ethyl adjacent to an activating group) is 2. The first-order valence-electron chi connectivity index (χ1n) is 26.0. The third kappa shape index (κ3) is 13.4. The Bertz CT molecular complexity index is 2130. The standard InChI is InChI=1S/C54H88N2O18/c1-27(17-19-35-42(59)41-36(26-68-50(41)63)30(4)44(35)66-15)18-20-39(58)72-45-37(55(12)13)21-29(3)69-51(45)74-48-31(5)43(73-40-23-53(10,67-16)47(61)34(8)70-40)32(6)49(62)71-38(25-57)54(11,65)46(60)33(7)56(14)24-28(2)22-52(48,9)64/h17,28-29,31-34,37-38,40,43,45-48,51,57,59-61,64-65H,18-26H2,1-16H3/b27-17+/t28-,29-,31+,32-,33-,34+,37+,38-,40+,43+,45-,46-,47+,48-,51?,52-,53-,54-/m1/s1. The number of phenolic OH excluding ortho intramolecular Hbond substituents is 1. The fourth-order valence-corrected chi connectivity index (χ4v) is 11.5. The lowest BCUT2D eigenvalue weighted by molar-refractivity contribution is -0.319. The highest BCUT2D eigenvalue weighted by molar-refractivity contribution is 5.98. The Balaban J connectivity index is 1.51. The number of hydrogen-bond acceptors (Lipinski definition) is 20. The Morgan fingerprint density at radius 2 is 1.61 bits per heavy atom. The minimum Gasteiger partial charge on any atom is -0.507 e. The SMILES string of the molecule is COc1c(C)c2c(c(O)c1C/C=C(\C)CCC(=O)O[C@H]1C(O[C@@H]3[C@@H](C)[C@H](O[C@H]4C[C@@](C)(OC)[C@@H](O)[C@H](C)O4)[C@@H](C)C(=O)O[C@H](CO)[C@@](C)(O)[C@H](O)[C@@H](C)N(C)C[C@H](C)C[C@@]3(C)O)O[C@H](C)C[C@@H]1N(C)C)C(=O)OC2. The molecule has 0 radical (unpaired) electrons. The Morgan fingerprint density at radius 3 is 2.22 bits per heavy atom. The van der Waals surface area contributed by atoms with Gasteiger partial charge < -0.3 is 83.1 Å². The van der Waals surface area contributed by atoms with Gasteiger partial charge in [0, 0.05) is 49.6 Å². The quantitative estimate of drug-likeness (QED) is 0.0882. The van der Waals surface area contributed by atoms with Gasteiger partial charge in [-0.25, -0.2) is 4.79 Å². The van der Waals surface area contributed by atoms with Crippen molar-refractivity contribution in [2.75, 3.05) is 48.5 Å². The van der Waals surface area contributed by atoms with E-state index in [1.165, 1.54) is 21.1 Å². The van der Waals surface area contributed by atoms with Crippen molar-refractivity contribution >= 4 is 17.9 Å². The third-order valence-electron chi connectivity index (χ3n) is 16.3. The highest BCUT2D eigenvalue weighted by atomic mass is 16.7. The number of methoxy groups -OCH3 is 2. The normalized spacial score (nSPS) is 39.2. The van der Waals surface area contributed by atoms with Crippen molar-refractivity contribution in [1.82, 2.24) is 9.80 Å². The number of ether oxygens (including phenoxy) is 9. The van der Waals surface area contributed by atoms with Crippen molar-refractivity contribution in [2.24, 2.45) is 17.8 Å². The number of benzene rings is 1. The van der Waals surface area contributed by atoms with E-state index in [4.69, 9.17) is 42.6 Å². The van der Waals surface area contributed by atoms with Crippen LogP contribution in [0.1, 0.15) is 128 Å². The number of cyclic esters (lactones) is 2. The topological polar surface area (TPSA) is 262 Å². The van der Waals surface area contributed by atoms with Crippen molar-refractivity contribution in [3.63, 3.8) is 0 Å². The molecule has 0 saturated carbocycles. The van der Waals surface area contributed by atoms with Gasteiger partial charge in [-0.05, 0) is 121 Å². The molecule has 3 saturated heterocycles. The number of phenols is 1. The van der Waals surface area contributed by atoms with E-state index < -0.39 is 127 Å². The molecule has 1 aromatic carbocycles. The Morgan fingerprint density at radius 1 is 0.946 bits per heavy atom. The molecule has 20 nitrogen and oxygen atoms in total. The van der Waals surface area contributed by atoms with Crippen molar-refractivity contribution in [2.45, 2.75) is 212 Å². The minimum absolute atomic E-state index is 0.0323. The van der Waals surface area contributed by atoms with E-state index in [0.717, 1.165) is 5.57 Å². The molecule has 18 atom stereocenters. The van der Waals surface area contributed by atoms with Gasteiger partial charge in [-0.3, -0.25) is 9.59 Å². The number of esters is 3. The van der Waals surface area contributed by atoms with Gasteiger partial charge in [-0.2, -0.15) is 0 Å². The lowest BCUT2D eigenvalue weighted by Crippen LogP contribution is -2.61. The second-order valence-electron chi connectivity index (χ2n) is 22.6. The minimum atomic E-state index is -2.11. The molecule has 4 heterocycles. The number of aromatic hydroxyl groups is 1. The average Bonchev–Trinajstić information content (AvgIpc) is 3.73. The van der Waals surface area contributed by atoms with Crippen LogP contribution in [-0.4, -0.2) is 197 Å². The lowest BCUT2D eigenvalue weighted by atomic mass is 9.77. The van der Waals surface area contributed by atoms with E-state index in [9.17, 15) is 45.0 Å². The first-order chi connectivity index (χ1) is 34.4. The predicted molar refractivity (Wildman–Crippen MR) is 270 cm³/mol. The average molecular weight is 1050 g/mol. The van der Waals surface area contributed by atoms with Gasteiger partial charge in [0.2, 0.25) is 0 Å². The second kappa shape index (κ2) is 24.9. The molecule has 1 unspecified atom stereocenters. The summed E-state index contributed by atoms with van der Waals surface area (Å²) < 4.78 is 55.5. The zero-order chi connectivity index (χ0) is 55.5. The summed E-state index contributed by atoms with van der Waals surface area (Å²) in [5.41, 5.74) is -2.32. The van der Waals surface area contributed by atoms with Crippen LogP contribution in [-0.2, 0) is 60.5 Å². The molecule has 0 spiro atoms. The van der Waals surface area contributed by atoms with Gasteiger partial charge in [0.1, 0.15) is 41.5 Å². The molecule has 1 aromatic rings. The Kier molecular flexibility index (Phi) is 20.6. The third-order valence-corrected chi connectivity index (χ3v) is 16.3. The summed E-state index contributed by atoms with van der Waals surface area (Å²) in [6.45, 7) is 18.3. The van der Waals surface area contributed by atoms with Crippen molar-refractivity contribution in [3.8, 4) is 11.5 Å². The Hall–Kier alpha value is -3.51. The van der Waals surface area contributed by atoms with E-state index in [1.54, 1.807) is 48.6 Å². The van der Waals surface area contributed by atoms with Gasteiger partial charge in [0.05, 0.1) is 61.3 Å². The summed E-state index contributed by atoms with van der Waals surface area (Å²) in [5.74, 6) is -4.23. The second-order valence-corrected chi connectivity index (χ2v) is 22.6. The van der Waals surface area contributed by atoms with Crippen LogP contribution in [0.15, 0.2) is 11.6 Å². The summed E-state index contributed by atoms with van der Waals surface area (Å²) in [5, 5.41) is 69.2. The van der Waals surface area contributed by atoms with Crippen molar-refractivity contribution in [1.29, 1.82) is 0 Å². The summed E-state index contributed by atoms with van der Waals surface area (Å²) in [7, 11) is 8.45. The molecule has 4 aliphatic rings. The molecule has 3 fully saturated rings. The first-order valence-corrected chi connectivity index (χ1v) is 26.0. The van der Waals surface area contributed by atoms with Crippen LogP contribution < -0.4 is 4.74 Å². The monoisotopic (exact) mass is 1050 g/mol. The van der Waals surface area contributed by atoms with E-state index in [-0.39, 0.29) is 55.9 Å². The van der Waals surface area contributed by atoms with Gasteiger partial charge >= 0.3 is 17.9 Å². The van der Waals surface area contributed by atoms with E-state index in [2.05, 4.69) is 0 Å². The lowest BCUT2D eigenvalue weighted by Gasteiger charge is -2.49. The van der Waals surface area contributed by atoms with E-state index in [1.807, 2.05) is 57.7 Å². The first kappa shape index (κ1) is 61.3. The molecular formula is C54H88N2O18. The number of fused-ring (bicyclic) bond motifs is 1. The number of aliphatic hydroxyl groups excluding tert-OH is 3. The summed E-state index contributed by atoms with van der Waals surface area (Å²) in [6, 6.07) is -1.13. The van der Waals surface area contributed by atoms with Crippen LogP contribution in [0.4, 0.5) is 0 Å². The van der Waals surface area contributed by atoms with Gasteiger partial charge in [0.15, 0.2) is 24.8 Å². The fourth-order valence-electron chi connectivity index (χ4n) is 11.5. The largest absolute Gasteiger partial charge is 0.507 e. The molecular weight excluding hydrogens is 965 g/mol. The molecule has 4 aliphatic heterocycles. The van der Waals surface area contributed by atoms with E-state index in [0.29, 0.717) is 35.4 Å². The highest BCUT2D eigenvalue weighted by Gasteiger charge is 2.53. The van der Waals surface area contributed by atoms with Crippen LogP contribution in [0.2, 0.25) is 0 Å². The van der Waals surface area contributed by atoms with Gasteiger partial charge in [-0.15, -0.1) is 0 Å². The maximum absolute atomic E-state index is 14.5. The predicted octanol–water partition coefficient (Wildman–Crippen LogP) is 3.70. The molecule has 20 heteroatoms. The Labute approximate surface area is 437 Å². The number of aliphatic hydroxyl groups is 5. The molecule has 0 aromatic heterocycles. The number of allylic oxidation sites excluding steroid dienone is 2. The molecule has 74 heavy (non-hydrogen) atoms. The van der Waals surface area contributed by atoms with Crippen molar-refractivity contribution in [3.05, 3.63) is 33.9 Å². The number of carbonyl (C=O) groups is 3. The van der Waals surface area contributed by atoms with Crippen LogP contribution in [0.25, 0.3) is 0 Å². The molecule has 0 bridgehead atoms. The van der Waals surface area contributed by atoms with Crippen LogP contribution in [0.3, 0.4) is 0 Å². The van der Waals surface area contributed by atoms with Crippen LogP contribution in [0, 0.1) is 24.7 Å². The fraction of sp³-hybridized carbons (Fsp3) is 0.796. The zero-order valence-electron chi connectivity index (χ0n) is 46.6. The molecule has 6 N–H and O–H groups in total. The van der Waals surface area contributed by atoms with Gasteiger partial charge in [-0.1, -0.05) is 25.5 Å². The smallest absolute Gasteiger partial charge is 0.342 e. The number of carbonyl (C=O) groups excluding carboxylic acids is 3. The number of nitrogens with zero attached hydrogens (tertiary/aromatic N) is 2. The van der Waals surface area contributed by atoms with Crippen LogP contribution >= 0.6 is 0 Å². The van der Waals surface area contributed by atoms with Gasteiger partial charge in [0.25, 0.3) is 0 Å². The molecule has 0 amide bonds. The van der Waals surface area contributed by atoms with Crippen LogP contribution in [0.5, 0.6) is 11.5 Å². The summed E-state index contributed by atoms with van der Waals surface area (Å²) in [6.07, 6.45) is -8.18. The summed E-state index contributed by atoms with van der Waals surface area (Å²) >= 11 is 0. The number of hydrogen-bond donors (Lipinski definition) is 6. The maximum Gasteiger partial charge on any atom is 0.342 e. The molecule has 5 rings (SSSR count). The zero-order valence-corrected chi connectivity index (χ0v) is 46.6. The summed E-state index contributed by atoms with van der Waals surface area (Å²) in [4.78, 5) is 44.8. The van der Waals surface area contributed by atoms with Crippen molar-refractivity contribution < 1.29 is 87.7 Å². The maximum atomic E-state index is 14.5. The molecule has 0 aliphatic carbocycles. The number of rotatable bonds is 14. The molecule has 422 valence electrons.